The van der Waals surface area contributed by atoms with Crippen molar-refractivity contribution in [2.75, 3.05) is 13.2 Å². The Bertz CT molecular complexity index is 1040. The van der Waals surface area contributed by atoms with Gasteiger partial charge in [0.05, 0.1) is 19.1 Å². The maximum absolute atomic E-state index is 14.1. The van der Waals surface area contributed by atoms with Gasteiger partial charge in [0.1, 0.15) is 11.6 Å². The van der Waals surface area contributed by atoms with Crippen molar-refractivity contribution < 1.29 is 19.0 Å². The van der Waals surface area contributed by atoms with E-state index in [4.69, 9.17) is 4.74 Å². The van der Waals surface area contributed by atoms with Crippen LogP contribution in [0.25, 0.3) is 0 Å². The third kappa shape index (κ3) is 5.33. The molecular formula is C25H28FN2O3-. The van der Waals surface area contributed by atoms with Crippen molar-refractivity contribution in [2.24, 2.45) is 0 Å². The fraction of sp³-hybridized carbons (Fsp3) is 0.320. The number of carboxylic acid groups (broad SMARTS) is 1. The van der Waals surface area contributed by atoms with Crippen LogP contribution < -0.4 is 15.2 Å². The lowest BCUT2D eigenvalue weighted by Gasteiger charge is -2.11. The van der Waals surface area contributed by atoms with Gasteiger partial charge in [-0.25, -0.2) is 4.39 Å². The summed E-state index contributed by atoms with van der Waals surface area (Å²) < 4.78 is 21.4. The minimum Gasteiger partial charge on any atom is -0.545 e. The second-order valence-electron chi connectivity index (χ2n) is 7.49. The van der Waals surface area contributed by atoms with Crippen LogP contribution in [0.5, 0.6) is 5.75 Å². The average Bonchev–Trinajstić information content (AvgIpc) is 2.98. The summed E-state index contributed by atoms with van der Waals surface area (Å²) in [6, 6.07) is 14.5. The Hall–Kier alpha value is -3.12. The summed E-state index contributed by atoms with van der Waals surface area (Å²) in [7, 11) is 0. The lowest BCUT2D eigenvalue weighted by molar-refractivity contribution is -0.255. The first-order valence-electron chi connectivity index (χ1n) is 10.5. The highest BCUT2D eigenvalue weighted by molar-refractivity contribution is 5.89. The van der Waals surface area contributed by atoms with E-state index in [2.05, 4.69) is 5.32 Å². The van der Waals surface area contributed by atoms with Gasteiger partial charge < -0.3 is 24.5 Å². The summed E-state index contributed by atoms with van der Waals surface area (Å²) in [5, 5.41) is 15.2. The number of benzene rings is 2. The SMILES string of the molecule is CCOc1ccc(CCNCc2c(C(=O)[O-])c(C)n(Cc3ccccc3F)c2C)cc1. The predicted octanol–water partition coefficient (Wildman–Crippen LogP) is 3.39. The molecule has 0 bridgehead atoms. The lowest BCUT2D eigenvalue weighted by atomic mass is 10.1. The molecule has 1 heterocycles. The molecule has 0 radical (unpaired) electrons. The third-order valence-corrected chi connectivity index (χ3v) is 5.53. The highest BCUT2D eigenvalue weighted by atomic mass is 19.1. The largest absolute Gasteiger partial charge is 0.545 e. The second kappa shape index (κ2) is 10.3. The van der Waals surface area contributed by atoms with Crippen molar-refractivity contribution >= 4 is 5.97 Å². The van der Waals surface area contributed by atoms with Gasteiger partial charge in [0, 0.05) is 29.1 Å². The normalized spacial score (nSPS) is 11.0. The fourth-order valence-electron chi connectivity index (χ4n) is 3.84. The average molecular weight is 424 g/mol. The number of carbonyl (C=O) groups excluding carboxylic acids is 1. The lowest BCUT2D eigenvalue weighted by Crippen LogP contribution is -2.26. The minimum absolute atomic E-state index is 0.183. The number of rotatable bonds is 10. The molecule has 0 fully saturated rings. The van der Waals surface area contributed by atoms with E-state index in [1.807, 2.05) is 42.7 Å². The smallest absolute Gasteiger partial charge is 0.128 e. The Morgan fingerprint density at radius 3 is 2.45 bits per heavy atom. The Balaban J connectivity index is 1.70. The first-order valence-corrected chi connectivity index (χ1v) is 10.5. The van der Waals surface area contributed by atoms with Crippen molar-refractivity contribution in [1.82, 2.24) is 9.88 Å². The molecule has 6 heteroatoms. The van der Waals surface area contributed by atoms with Crippen molar-refractivity contribution in [2.45, 2.75) is 40.3 Å². The molecule has 0 unspecified atom stereocenters. The van der Waals surface area contributed by atoms with Crippen molar-refractivity contribution in [3.8, 4) is 5.75 Å². The van der Waals surface area contributed by atoms with E-state index in [9.17, 15) is 14.3 Å². The maximum Gasteiger partial charge on any atom is 0.128 e. The zero-order chi connectivity index (χ0) is 22.4. The van der Waals surface area contributed by atoms with Gasteiger partial charge in [0.2, 0.25) is 0 Å². The van der Waals surface area contributed by atoms with Gasteiger partial charge in [0.15, 0.2) is 0 Å². The highest BCUT2D eigenvalue weighted by Crippen LogP contribution is 2.24. The van der Waals surface area contributed by atoms with Crippen molar-refractivity contribution in [3.63, 3.8) is 0 Å². The van der Waals surface area contributed by atoms with Crippen LogP contribution >= 0.6 is 0 Å². The van der Waals surface area contributed by atoms with E-state index < -0.39 is 5.97 Å². The van der Waals surface area contributed by atoms with E-state index in [1.165, 1.54) is 11.6 Å². The molecule has 0 aliphatic rings. The van der Waals surface area contributed by atoms with Gasteiger partial charge in [-0.05, 0) is 63.1 Å². The number of aromatic nitrogens is 1. The Kier molecular flexibility index (Phi) is 7.47. The molecule has 0 saturated heterocycles. The van der Waals surface area contributed by atoms with Crippen LogP contribution in [0.1, 0.15) is 45.4 Å². The van der Waals surface area contributed by atoms with Crippen LogP contribution in [0.2, 0.25) is 0 Å². The van der Waals surface area contributed by atoms with E-state index >= 15 is 0 Å². The summed E-state index contributed by atoms with van der Waals surface area (Å²) in [6.45, 7) is 7.56. The van der Waals surface area contributed by atoms with Crippen LogP contribution in [0.3, 0.4) is 0 Å². The minimum atomic E-state index is -1.21. The number of carbonyl (C=O) groups is 1. The van der Waals surface area contributed by atoms with Gasteiger partial charge in [-0.3, -0.25) is 0 Å². The molecule has 0 saturated carbocycles. The summed E-state index contributed by atoms with van der Waals surface area (Å²) >= 11 is 0. The summed E-state index contributed by atoms with van der Waals surface area (Å²) in [5.74, 6) is -0.670. The van der Waals surface area contributed by atoms with Gasteiger partial charge in [-0.2, -0.15) is 0 Å². The number of hydrogen-bond donors (Lipinski definition) is 1. The summed E-state index contributed by atoms with van der Waals surface area (Å²) in [5.41, 5.74) is 3.92. The third-order valence-electron chi connectivity index (χ3n) is 5.53. The molecule has 3 aromatic rings. The number of carboxylic acids is 1. The number of aromatic carboxylic acids is 1. The number of nitrogens with zero attached hydrogens (tertiary/aromatic N) is 1. The second-order valence-corrected chi connectivity index (χ2v) is 7.49. The van der Waals surface area contributed by atoms with Gasteiger partial charge in [0.25, 0.3) is 0 Å². The molecule has 0 atom stereocenters. The van der Waals surface area contributed by atoms with Crippen LogP contribution in [0, 0.1) is 19.7 Å². The van der Waals surface area contributed by atoms with E-state index in [0.717, 1.165) is 17.9 Å². The molecule has 0 aliphatic heterocycles. The molecule has 1 N–H and O–H groups in total. The molecule has 0 amide bonds. The summed E-state index contributed by atoms with van der Waals surface area (Å²) in [4.78, 5) is 11.8. The Labute approximate surface area is 182 Å². The van der Waals surface area contributed by atoms with Gasteiger partial charge in [-0.1, -0.05) is 30.3 Å². The van der Waals surface area contributed by atoms with Crippen LogP contribution in [-0.2, 0) is 19.5 Å². The molecule has 3 rings (SSSR count). The molecular weight excluding hydrogens is 395 g/mol. The van der Waals surface area contributed by atoms with Crippen LogP contribution in [-0.4, -0.2) is 23.7 Å². The zero-order valence-electron chi connectivity index (χ0n) is 18.2. The molecule has 31 heavy (non-hydrogen) atoms. The zero-order valence-corrected chi connectivity index (χ0v) is 18.2. The topological polar surface area (TPSA) is 66.3 Å². The first-order chi connectivity index (χ1) is 14.9. The number of ether oxygens (including phenoxy) is 1. The van der Waals surface area contributed by atoms with Gasteiger partial charge in [-0.15, -0.1) is 0 Å². The highest BCUT2D eigenvalue weighted by Gasteiger charge is 2.19. The Morgan fingerprint density at radius 1 is 1.10 bits per heavy atom. The van der Waals surface area contributed by atoms with E-state index in [-0.39, 0.29) is 17.9 Å². The molecule has 5 nitrogen and oxygen atoms in total. The van der Waals surface area contributed by atoms with E-state index in [1.54, 1.807) is 25.1 Å². The van der Waals surface area contributed by atoms with Crippen molar-refractivity contribution in [1.29, 1.82) is 0 Å². The number of halogens is 1. The monoisotopic (exact) mass is 423 g/mol. The molecule has 1 aromatic heterocycles. The standard InChI is InChI=1S/C25H29FN2O3/c1-4-31-21-11-9-19(10-12-21)13-14-27-15-22-17(2)28(18(3)24(22)25(29)30)16-20-7-5-6-8-23(20)26/h5-12,27H,4,13-16H2,1-3H3,(H,29,30)/p-1. The summed E-state index contributed by atoms with van der Waals surface area (Å²) in [6.07, 6.45) is 0.807. The molecule has 0 aliphatic carbocycles. The quantitative estimate of drug-likeness (QED) is 0.508. The predicted molar refractivity (Wildman–Crippen MR) is 117 cm³/mol. The van der Waals surface area contributed by atoms with Crippen LogP contribution in [0.15, 0.2) is 48.5 Å². The molecule has 164 valence electrons. The van der Waals surface area contributed by atoms with Gasteiger partial charge >= 0.3 is 0 Å². The Morgan fingerprint density at radius 2 is 1.81 bits per heavy atom. The molecule has 0 spiro atoms. The van der Waals surface area contributed by atoms with Crippen LogP contribution in [0.4, 0.5) is 4.39 Å². The number of hydrogen-bond acceptors (Lipinski definition) is 4. The molecule has 2 aromatic carbocycles. The number of nitrogens with one attached hydrogen (secondary N) is 1. The maximum atomic E-state index is 14.1. The van der Waals surface area contributed by atoms with E-state index in [0.29, 0.717) is 36.5 Å². The van der Waals surface area contributed by atoms with Crippen molar-refractivity contribution in [3.05, 3.63) is 88.0 Å². The first kappa shape index (κ1) is 22.6. The fourth-order valence-corrected chi connectivity index (χ4v) is 3.84.